The number of hydrogen-bond acceptors (Lipinski definition) is 6. The number of pyridine rings is 2. The van der Waals surface area contributed by atoms with E-state index in [-0.39, 0.29) is 28.9 Å². The van der Waals surface area contributed by atoms with Crippen LogP contribution < -0.4 is 16.4 Å². The minimum Gasteiger partial charge on any atom is -0.398 e. The predicted molar refractivity (Wildman–Crippen MR) is 120 cm³/mol. The molecule has 4 rings (SSSR count). The van der Waals surface area contributed by atoms with Gasteiger partial charge in [-0.2, -0.15) is 13.2 Å². The first kappa shape index (κ1) is 22.9. The molecule has 5 N–H and O–H groups in total. The van der Waals surface area contributed by atoms with Gasteiger partial charge in [0.05, 0.1) is 11.9 Å². The fourth-order valence-electron chi connectivity index (χ4n) is 3.17. The monoisotopic (exact) mass is 468 g/mol. The maximum Gasteiger partial charge on any atom is 0.433 e. The lowest BCUT2D eigenvalue weighted by atomic mass is 10.00. The van der Waals surface area contributed by atoms with Gasteiger partial charge in [0.25, 0.3) is 5.91 Å². The summed E-state index contributed by atoms with van der Waals surface area (Å²) in [6.07, 6.45) is 0.118. The van der Waals surface area contributed by atoms with Crippen molar-refractivity contribution in [1.82, 2.24) is 9.97 Å². The van der Waals surface area contributed by atoms with Crippen LogP contribution in [0.15, 0.2) is 54.9 Å². The van der Waals surface area contributed by atoms with E-state index in [9.17, 15) is 22.8 Å². The van der Waals surface area contributed by atoms with E-state index in [1.165, 1.54) is 24.4 Å². The minimum absolute atomic E-state index is 0.0251. The van der Waals surface area contributed by atoms with Gasteiger partial charge in [-0.15, -0.1) is 0 Å². The van der Waals surface area contributed by atoms with Crippen molar-refractivity contribution in [2.75, 3.05) is 16.4 Å². The average molecular weight is 468 g/mol. The van der Waals surface area contributed by atoms with Gasteiger partial charge in [-0.3, -0.25) is 20.0 Å². The smallest absolute Gasteiger partial charge is 0.398 e. The molecule has 174 valence electrons. The van der Waals surface area contributed by atoms with Crippen molar-refractivity contribution in [3.05, 3.63) is 66.1 Å². The lowest BCUT2D eigenvalue weighted by Gasteiger charge is -2.12. The topological polar surface area (TPSA) is 134 Å². The first-order valence-electron chi connectivity index (χ1n) is 10.2. The molecule has 1 saturated carbocycles. The van der Waals surface area contributed by atoms with Crippen LogP contribution in [-0.2, 0) is 15.8 Å². The Morgan fingerprint density at radius 3 is 2.50 bits per heavy atom. The Morgan fingerprint density at radius 1 is 1.03 bits per heavy atom. The molecule has 2 aromatic heterocycles. The number of carbonyl (C=O) groups is 2. The van der Waals surface area contributed by atoms with Crippen molar-refractivity contribution in [3.63, 3.8) is 0 Å². The molecule has 0 radical (unpaired) electrons. The van der Waals surface area contributed by atoms with E-state index in [2.05, 4.69) is 20.6 Å². The highest BCUT2D eigenvalue weighted by molar-refractivity contribution is 6.48. The second kappa shape index (κ2) is 8.93. The molecule has 0 atom stereocenters. The van der Waals surface area contributed by atoms with Gasteiger partial charge in [-0.1, -0.05) is 12.1 Å². The Bertz CT molecular complexity index is 1290. The number of amides is 2. The third kappa shape index (κ3) is 5.20. The standard InChI is InChI=1S/C23H19F3N6O2/c24-23(25,26)18-2-1-3-19(31-18)32-22(34)20(28)16-9-13(6-7-17(16)27)14-8-15(11-29-10-14)30-21(33)12-4-5-12/h1-3,6-12,28H,4-5,27H2,(H,30,33)(H,31,32,34). The van der Waals surface area contributed by atoms with Crippen molar-refractivity contribution >= 4 is 34.7 Å². The molecule has 8 nitrogen and oxygen atoms in total. The quantitative estimate of drug-likeness (QED) is 0.319. The molecule has 1 aliphatic rings. The first-order chi connectivity index (χ1) is 16.1. The van der Waals surface area contributed by atoms with E-state index in [1.54, 1.807) is 18.3 Å². The minimum atomic E-state index is -4.67. The van der Waals surface area contributed by atoms with E-state index in [4.69, 9.17) is 11.1 Å². The van der Waals surface area contributed by atoms with Crippen LogP contribution in [0.2, 0.25) is 0 Å². The molecule has 0 aliphatic heterocycles. The van der Waals surface area contributed by atoms with Gasteiger partial charge in [-0.25, -0.2) is 4.98 Å². The summed E-state index contributed by atoms with van der Waals surface area (Å²) >= 11 is 0. The van der Waals surface area contributed by atoms with Gasteiger partial charge < -0.3 is 16.4 Å². The summed E-state index contributed by atoms with van der Waals surface area (Å²) in [5, 5.41) is 13.2. The number of nitrogen functional groups attached to an aromatic ring is 1. The summed E-state index contributed by atoms with van der Waals surface area (Å²) in [4.78, 5) is 32.1. The third-order valence-corrected chi connectivity index (χ3v) is 5.12. The molecule has 0 unspecified atom stereocenters. The Morgan fingerprint density at radius 2 is 1.79 bits per heavy atom. The summed E-state index contributed by atoms with van der Waals surface area (Å²) in [6, 6.07) is 9.45. The normalized spacial score (nSPS) is 13.3. The van der Waals surface area contributed by atoms with E-state index in [1.807, 2.05) is 0 Å². The van der Waals surface area contributed by atoms with Gasteiger partial charge in [0.1, 0.15) is 17.2 Å². The lowest BCUT2D eigenvalue weighted by molar-refractivity contribution is -0.141. The number of aromatic nitrogens is 2. The molecule has 2 amide bonds. The maximum absolute atomic E-state index is 12.9. The zero-order valence-corrected chi connectivity index (χ0v) is 17.6. The highest BCUT2D eigenvalue weighted by Crippen LogP contribution is 2.31. The molecular weight excluding hydrogens is 449 g/mol. The van der Waals surface area contributed by atoms with Crippen LogP contribution in [0.1, 0.15) is 24.1 Å². The summed E-state index contributed by atoms with van der Waals surface area (Å²) < 4.78 is 38.6. The SMILES string of the molecule is N=C(C(=O)Nc1cccc(C(F)(F)F)n1)c1cc(-c2cncc(NC(=O)C3CC3)c2)ccc1N. The van der Waals surface area contributed by atoms with Crippen LogP contribution in [0.25, 0.3) is 11.1 Å². The third-order valence-electron chi connectivity index (χ3n) is 5.12. The fourth-order valence-corrected chi connectivity index (χ4v) is 3.17. The van der Waals surface area contributed by atoms with Crippen LogP contribution in [0.4, 0.5) is 30.4 Å². The van der Waals surface area contributed by atoms with Crippen molar-refractivity contribution in [3.8, 4) is 11.1 Å². The maximum atomic E-state index is 12.9. The lowest BCUT2D eigenvalue weighted by Crippen LogP contribution is -2.25. The summed E-state index contributed by atoms with van der Waals surface area (Å²) in [5.74, 6) is -1.36. The Balaban J connectivity index is 1.54. The number of nitrogens with two attached hydrogens (primary N) is 1. The number of rotatable bonds is 6. The van der Waals surface area contributed by atoms with E-state index in [0.29, 0.717) is 16.8 Å². The molecule has 1 aromatic carbocycles. The Labute approximate surface area is 191 Å². The molecule has 2 heterocycles. The molecule has 0 bridgehead atoms. The zero-order valence-electron chi connectivity index (χ0n) is 17.6. The van der Waals surface area contributed by atoms with Crippen molar-refractivity contribution in [1.29, 1.82) is 5.41 Å². The second-order valence-electron chi connectivity index (χ2n) is 7.76. The number of carbonyl (C=O) groups excluding carboxylic acids is 2. The molecule has 0 spiro atoms. The number of nitrogens with zero attached hydrogens (tertiary/aromatic N) is 2. The van der Waals surface area contributed by atoms with Gasteiger partial charge in [-0.05, 0) is 48.7 Å². The summed E-state index contributed by atoms with van der Waals surface area (Å²) in [7, 11) is 0. The summed E-state index contributed by atoms with van der Waals surface area (Å²) in [5.41, 5.74) is 6.15. The largest absolute Gasteiger partial charge is 0.433 e. The molecule has 3 aromatic rings. The number of halogens is 3. The van der Waals surface area contributed by atoms with Crippen LogP contribution >= 0.6 is 0 Å². The van der Waals surface area contributed by atoms with Crippen molar-refractivity contribution in [2.45, 2.75) is 19.0 Å². The average Bonchev–Trinajstić information content (AvgIpc) is 3.64. The molecule has 1 fully saturated rings. The van der Waals surface area contributed by atoms with Gasteiger partial charge in [0, 0.05) is 28.9 Å². The number of benzene rings is 1. The molecule has 0 saturated heterocycles. The molecule has 34 heavy (non-hydrogen) atoms. The van der Waals surface area contributed by atoms with Gasteiger partial charge in [0.15, 0.2) is 0 Å². The first-order valence-corrected chi connectivity index (χ1v) is 10.2. The molecular formula is C23H19F3N6O2. The van der Waals surface area contributed by atoms with E-state index >= 15 is 0 Å². The zero-order chi connectivity index (χ0) is 24.5. The summed E-state index contributed by atoms with van der Waals surface area (Å²) in [6.45, 7) is 0. The van der Waals surface area contributed by atoms with Gasteiger partial charge in [0.2, 0.25) is 5.91 Å². The second-order valence-corrected chi connectivity index (χ2v) is 7.76. The molecule has 1 aliphatic carbocycles. The van der Waals surface area contributed by atoms with Crippen LogP contribution in [0.3, 0.4) is 0 Å². The Kier molecular flexibility index (Phi) is 6.01. The highest BCUT2D eigenvalue weighted by Gasteiger charge is 2.32. The number of nitrogens with one attached hydrogen (secondary N) is 3. The predicted octanol–water partition coefficient (Wildman–Crippen LogP) is 4.10. The van der Waals surface area contributed by atoms with E-state index in [0.717, 1.165) is 25.0 Å². The van der Waals surface area contributed by atoms with Crippen molar-refractivity contribution in [2.24, 2.45) is 5.92 Å². The number of alkyl halides is 3. The number of anilines is 3. The van der Waals surface area contributed by atoms with E-state index < -0.39 is 23.5 Å². The molecule has 11 heteroatoms. The van der Waals surface area contributed by atoms with Crippen molar-refractivity contribution < 1.29 is 22.8 Å². The number of hydrogen-bond donors (Lipinski definition) is 4. The van der Waals surface area contributed by atoms with Crippen LogP contribution in [0, 0.1) is 11.3 Å². The van der Waals surface area contributed by atoms with Gasteiger partial charge >= 0.3 is 6.18 Å². The van der Waals surface area contributed by atoms with Crippen LogP contribution in [-0.4, -0.2) is 27.5 Å². The fraction of sp³-hybridized carbons (Fsp3) is 0.174. The van der Waals surface area contributed by atoms with Crippen LogP contribution in [0.5, 0.6) is 0 Å². The Hall–Kier alpha value is -4.28. The highest BCUT2D eigenvalue weighted by atomic mass is 19.4.